The molecule has 1 aromatic carbocycles. The molecule has 154 valence electrons. The predicted molar refractivity (Wildman–Crippen MR) is 111 cm³/mol. The van der Waals surface area contributed by atoms with Gasteiger partial charge >= 0.3 is 0 Å². The number of hydrogen-bond donors (Lipinski definition) is 2. The first-order chi connectivity index (χ1) is 14.6. The van der Waals surface area contributed by atoms with E-state index in [1.54, 1.807) is 11.3 Å². The van der Waals surface area contributed by atoms with Gasteiger partial charge in [-0.05, 0) is 31.0 Å². The predicted octanol–water partition coefficient (Wildman–Crippen LogP) is 1.35. The van der Waals surface area contributed by atoms with Crippen LogP contribution in [0.3, 0.4) is 0 Å². The molecule has 30 heavy (non-hydrogen) atoms. The standard InChI is InChI=1S/C20H20N6O3S/c21-18(27)14-4-5-22-20(25-14)26-8-12(9-26)24-19(28)11-6-13(7-11)29-15-2-1-3-16-17(15)23-10-30-16/h1-5,10-13H,6-9H2,(H2,21,27)(H,24,28)/t11-,13-. The van der Waals surface area contributed by atoms with Gasteiger partial charge in [0.25, 0.3) is 5.91 Å². The topological polar surface area (TPSA) is 123 Å². The highest BCUT2D eigenvalue weighted by Crippen LogP contribution is 2.35. The van der Waals surface area contributed by atoms with E-state index in [4.69, 9.17) is 10.5 Å². The van der Waals surface area contributed by atoms with Gasteiger partial charge in [0.1, 0.15) is 23.1 Å². The number of carbonyl (C=O) groups excluding carboxylic acids is 2. The number of hydrogen-bond acceptors (Lipinski definition) is 8. The fourth-order valence-electron chi connectivity index (χ4n) is 3.70. The molecule has 3 N–H and O–H groups in total. The quantitative estimate of drug-likeness (QED) is 0.612. The summed E-state index contributed by atoms with van der Waals surface area (Å²) in [7, 11) is 0. The second kappa shape index (κ2) is 7.52. The van der Waals surface area contributed by atoms with Crippen molar-refractivity contribution in [3.8, 4) is 5.75 Å². The lowest BCUT2D eigenvalue weighted by molar-refractivity contribution is -0.131. The highest BCUT2D eigenvalue weighted by Gasteiger charge is 2.39. The van der Waals surface area contributed by atoms with Crippen molar-refractivity contribution in [3.63, 3.8) is 0 Å². The van der Waals surface area contributed by atoms with Gasteiger partial charge in [0.2, 0.25) is 11.9 Å². The molecule has 9 nitrogen and oxygen atoms in total. The molecule has 3 heterocycles. The van der Waals surface area contributed by atoms with Crippen LogP contribution in [0.5, 0.6) is 5.75 Å². The van der Waals surface area contributed by atoms with Gasteiger partial charge in [-0.25, -0.2) is 15.0 Å². The van der Waals surface area contributed by atoms with Crippen molar-refractivity contribution in [1.29, 1.82) is 0 Å². The molecular weight excluding hydrogens is 404 g/mol. The van der Waals surface area contributed by atoms with Crippen molar-refractivity contribution in [3.05, 3.63) is 41.7 Å². The average molecular weight is 424 g/mol. The van der Waals surface area contributed by atoms with Gasteiger partial charge in [0, 0.05) is 25.2 Å². The largest absolute Gasteiger partial charge is 0.488 e. The summed E-state index contributed by atoms with van der Waals surface area (Å²) >= 11 is 1.59. The smallest absolute Gasteiger partial charge is 0.267 e. The Kier molecular flexibility index (Phi) is 4.70. The number of fused-ring (bicyclic) bond motifs is 1. The number of carbonyl (C=O) groups is 2. The molecule has 2 aliphatic rings. The molecule has 1 saturated heterocycles. The Morgan fingerprint density at radius 3 is 2.83 bits per heavy atom. The number of aromatic nitrogens is 3. The number of benzene rings is 1. The molecule has 2 fully saturated rings. The summed E-state index contributed by atoms with van der Waals surface area (Å²) in [6, 6.07) is 7.43. The van der Waals surface area contributed by atoms with E-state index in [1.807, 2.05) is 28.6 Å². The maximum atomic E-state index is 12.5. The summed E-state index contributed by atoms with van der Waals surface area (Å²) in [5, 5.41) is 3.07. The Morgan fingerprint density at radius 1 is 1.20 bits per heavy atom. The molecule has 10 heteroatoms. The van der Waals surface area contributed by atoms with Crippen LogP contribution in [0, 0.1) is 5.92 Å². The number of rotatable bonds is 6. The van der Waals surface area contributed by atoms with Crippen LogP contribution in [0.2, 0.25) is 0 Å². The van der Waals surface area contributed by atoms with Crippen LogP contribution in [-0.2, 0) is 4.79 Å². The van der Waals surface area contributed by atoms with Gasteiger partial charge in [-0.15, -0.1) is 11.3 Å². The normalized spacial score (nSPS) is 21.0. The van der Waals surface area contributed by atoms with Gasteiger partial charge in [0.05, 0.1) is 16.3 Å². The molecule has 1 saturated carbocycles. The lowest BCUT2D eigenvalue weighted by Gasteiger charge is -2.41. The van der Waals surface area contributed by atoms with Gasteiger partial charge < -0.3 is 20.7 Å². The third kappa shape index (κ3) is 3.54. The zero-order valence-electron chi connectivity index (χ0n) is 16.0. The Morgan fingerprint density at radius 2 is 2.03 bits per heavy atom. The number of thiazole rings is 1. The number of anilines is 1. The molecule has 5 rings (SSSR count). The minimum Gasteiger partial charge on any atom is -0.488 e. The summed E-state index contributed by atoms with van der Waals surface area (Å²) in [5.74, 6) is 0.665. The number of ether oxygens (including phenoxy) is 1. The number of primary amides is 1. The lowest BCUT2D eigenvalue weighted by atomic mass is 9.81. The number of amides is 2. The Bertz CT molecular complexity index is 1110. The van der Waals surface area contributed by atoms with E-state index in [9.17, 15) is 9.59 Å². The van der Waals surface area contributed by atoms with Crippen LogP contribution in [0.4, 0.5) is 5.95 Å². The van der Waals surface area contributed by atoms with Crippen LogP contribution in [0.1, 0.15) is 23.3 Å². The Labute approximate surface area is 176 Å². The van der Waals surface area contributed by atoms with Gasteiger partial charge in [-0.3, -0.25) is 9.59 Å². The zero-order valence-corrected chi connectivity index (χ0v) is 16.8. The van der Waals surface area contributed by atoms with Gasteiger partial charge in [-0.2, -0.15) is 0 Å². The van der Waals surface area contributed by atoms with E-state index in [2.05, 4.69) is 20.3 Å². The number of para-hydroxylation sites is 1. The molecule has 2 aromatic heterocycles. The molecule has 0 unspecified atom stereocenters. The molecule has 1 aliphatic carbocycles. The summed E-state index contributed by atoms with van der Waals surface area (Å²) in [4.78, 5) is 38.3. The average Bonchev–Trinajstić information content (AvgIpc) is 3.16. The summed E-state index contributed by atoms with van der Waals surface area (Å²) < 4.78 is 7.15. The van der Waals surface area contributed by atoms with E-state index in [-0.39, 0.29) is 29.7 Å². The highest BCUT2D eigenvalue weighted by atomic mass is 32.1. The SMILES string of the molecule is NC(=O)c1ccnc(N2CC(NC(=O)[C@H]3C[C@H](Oc4cccc5scnc45)C3)C2)n1. The summed E-state index contributed by atoms with van der Waals surface area (Å²) in [6.07, 6.45) is 2.95. The molecule has 0 atom stereocenters. The number of nitrogens with one attached hydrogen (secondary N) is 1. The molecule has 1 aliphatic heterocycles. The Hall–Kier alpha value is -3.27. The van der Waals surface area contributed by atoms with Crippen LogP contribution in [0.25, 0.3) is 10.2 Å². The maximum absolute atomic E-state index is 12.5. The molecular formula is C20H20N6O3S. The van der Waals surface area contributed by atoms with Crippen molar-refractivity contribution >= 4 is 39.3 Å². The first-order valence-corrected chi connectivity index (χ1v) is 10.6. The van der Waals surface area contributed by atoms with Crippen LogP contribution in [-0.4, -0.2) is 52.0 Å². The first kappa shape index (κ1) is 18.7. The molecule has 0 spiro atoms. The van der Waals surface area contributed by atoms with E-state index in [0.717, 1.165) is 16.0 Å². The van der Waals surface area contributed by atoms with Gasteiger partial charge in [-0.1, -0.05) is 6.07 Å². The Balaban J connectivity index is 1.09. The van der Waals surface area contributed by atoms with Crippen LogP contribution >= 0.6 is 11.3 Å². The molecule has 2 amide bonds. The van der Waals surface area contributed by atoms with Crippen molar-refractivity contribution < 1.29 is 14.3 Å². The van der Waals surface area contributed by atoms with Crippen molar-refractivity contribution in [2.75, 3.05) is 18.0 Å². The second-order valence-corrected chi connectivity index (χ2v) is 8.47. The highest BCUT2D eigenvalue weighted by molar-refractivity contribution is 7.16. The molecule has 3 aromatic rings. The van der Waals surface area contributed by atoms with Crippen LogP contribution < -0.4 is 20.7 Å². The maximum Gasteiger partial charge on any atom is 0.267 e. The van der Waals surface area contributed by atoms with Crippen molar-refractivity contribution in [1.82, 2.24) is 20.3 Å². The lowest BCUT2D eigenvalue weighted by Crippen LogP contribution is -2.61. The third-order valence-corrected chi connectivity index (χ3v) is 6.28. The minimum absolute atomic E-state index is 0.0341. The van der Waals surface area contributed by atoms with Gasteiger partial charge in [0.15, 0.2) is 0 Å². The minimum atomic E-state index is -0.586. The fourth-order valence-corrected chi connectivity index (χ4v) is 4.39. The van der Waals surface area contributed by atoms with Crippen LogP contribution in [0.15, 0.2) is 36.0 Å². The zero-order chi connectivity index (χ0) is 20.7. The first-order valence-electron chi connectivity index (χ1n) is 9.74. The summed E-state index contributed by atoms with van der Waals surface area (Å²) in [6.45, 7) is 1.21. The number of nitrogens with zero attached hydrogens (tertiary/aromatic N) is 4. The van der Waals surface area contributed by atoms with E-state index in [0.29, 0.717) is 31.9 Å². The van der Waals surface area contributed by atoms with E-state index in [1.165, 1.54) is 12.3 Å². The van der Waals surface area contributed by atoms with E-state index >= 15 is 0 Å². The third-order valence-electron chi connectivity index (χ3n) is 5.49. The summed E-state index contributed by atoms with van der Waals surface area (Å²) in [5.41, 5.74) is 8.13. The number of nitrogens with two attached hydrogens (primary N) is 1. The monoisotopic (exact) mass is 424 g/mol. The molecule has 0 radical (unpaired) electrons. The fraction of sp³-hybridized carbons (Fsp3) is 0.350. The second-order valence-electron chi connectivity index (χ2n) is 7.58. The van der Waals surface area contributed by atoms with Crippen molar-refractivity contribution in [2.45, 2.75) is 25.0 Å². The van der Waals surface area contributed by atoms with Crippen molar-refractivity contribution in [2.24, 2.45) is 11.7 Å². The molecule has 0 bridgehead atoms. The van der Waals surface area contributed by atoms with E-state index < -0.39 is 5.91 Å².